The molecule has 0 radical (unpaired) electrons. The third-order valence-corrected chi connectivity index (χ3v) is 3.36. The largest absolute Gasteiger partial charge is 0.465 e. The van der Waals surface area contributed by atoms with E-state index in [0.717, 1.165) is 19.5 Å². The summed E-state index contributed by atoms with van der Waals surface area (Å²) in [5.74, 6) is -0.171. The maximum Gasteiger partial charge on any atom is 0.323 e. The fourth-order valence-corrected chi connectivity index (χ4v) is 2.20. The lowest BCUT2D eigenvalue weighted by Crippen LogP contribution is -2.39. The van der Waals surface area contributed by atoms with Crippen LogP contribution in [0.2, 0.25) is 0 Å². The SMILES string of the molecule is CCOC(=O)C(CCN(CC)c1cccc(C)c1)NC. The molecule has 0 fully saturated rings. The predicted octanol–water partition coefficient (Wildman–Crippen LogP) is 2.36. The number of likely N-dealkylation sites (N-methyl/N-ethyl adjacent to an activating group) is 1. The van der Waals surface area contributed by atoms with Crippen molar-refractivity contribution in [2.45, 2.75) is 33.2 Å². The van der Waals surface area contributed by atoms with E-state index in [1.807, 2.05) is 6.92 Å². The van der Waals surface area contributed by atoms with E-state index in [-0.39, 0.29) is 12.0 Å². The smallest absolute Gasteiger partial charge is 0.323 e. The fraction of sp³-hybridized carbons (Fsp3) is 0.562. The van der Waals surface area contributed by atoms with Gasteiger partial charge in [0.1, 0.15) is 6.04 Å². The van der Waals surface area contributed by atoms with E-state index < -0.39 is 0 Å². The molecule has 0 aromatic heterocycles. The first-order valence-electron chi connectivity index (χ1n) is 7.27. The minimum atomic E-state index is -0.242. The number of ether oxygens (including phenoxy) is 1. The summed E-state index contributed by atoms with van der Waals surface area (Å²) in [4.78, 5) is 14.0. The molecule has 0 aliphatic heterocycles. The van der Waals surface area contributed by atoms with Crippen molar-refractivity contribution in [2.24, 2.45) is 0 Å². The van der Waals surface area contributed by atoms with Crippen LogP contribution in [-0.4, -0.2) is 38.8 Å². The van der Waals surface area contributed by atoms with Gasteiger partial charge in [0.25, 0.3) is 0 Å². The minimum absolute atomic E-state index is 0.171. The van der Waals surface area contributed by atoms with Crippen molar-refractivity contribution in [1.82, 2.24) is 5.32 Å². The molecule has 0 saturated carbocycles. The zero-order chi connectivity index (χ0) is 15.0. The molecule has 4 nitrogen and oxygen atoms in total. The first-order valence-corrected chi connectivity index (χ1v) is 7.27. The number of anilines is 1. The molecule has 112 valence electrons. The first kappa shape index (κ1) is 16.5. The summed E-state index contributed by atoms with van der Waals surface area (Å²) in [7, 11) is 1.80. The Hall–Kier alpha value is -1.55. The van der Waals surface area contributed by atoms with Crippen LogP contribution in [0.25, 0.3) is 0 Å². The Morgan fingerprint density at radius 2 is 2.15 bits per heavy atom. The Balaban J connectivity index is 2.62. The number of carbonyl (C=O) groups excluding carboxylic acids is 1. The summed E-state index contributed by atoms with van der Waals surface area (Å²) in [6.07, 6.45) is 0.733. The Labute approximate surface area is 122 Å². The lowest BCUT2D eigenvalue weighted by atomic mass is 10.1. The van der Waals surface area contributed by atoms with Crippen LogP contribution in [0.3, 0.4) is 0 Å². The molecule has 0 saturated heterocycles. The number of hydrogen-bond acceptors (Lipinski definition) is 4. The second kappa shape index (κ2) is 8.59. The van der Waals surface area contributed by atoms with Gasteiger partial charge in [-0.15, -0.1) is 0 Å². The summed E-state index contributed by atoms with van der Waals surface area (Å²) in [6, 6.07) is 8.19. The second-order valence-electron chi connectivity index (χ2n) is 4.80. The van der Waals surface area contributed by atoms with Crippen molar-refractivity contribution < 1.29 is 9.53 Å². The number of rotatable bonds is 8. The van der Waals surface area contributed by atoms with Gasteiger partial charge >= 0.3 is 5.97 Å². The molecule has 0 spiro atoms. The minimum Gasteiger partial charge on any atom is -0.465 e. The van der Waals surface area contributed by atoms with Gasteiger partial charge in [0.2, 0.25) is 0 Å². The van der Waals surface area contributed by atoms with Gasteiger partial charge < -0.3 is 15.0 Å². The van der Waals surface area contributed by atoms with Crippen LogP contribution in [0.4, 0.5) is 5.69 Å². The Morgan fingerprint density at radius 3 is 2.70 bits per heavy atom. The number of esters is 1. The molecule has 20 heavy (non-hydrogen) atoms. The average molecular weight is 278 g/mol. The van der Waals surface area contributed by atoms with E-state index in [1.165, 1.54) is 11.3 Å². The number of nitrogens with one attached hydrogen (secondary N) is 1. The van der Waals surface area contributed by atoms with Crippen LogP contribution >= 0.6 is 0 Å². The fourth-order valence-electron chi connectivity index (χ4n) is 2.20. The molecule has 1 rings (SSSR count). The van der Waals surface area contributed by atoms with E-state index in [0.29, 0.717) is 6.61 Å². The Morgan fingerprint density at radius 1 is 1.40 bits per heavy atom. The molecular formula is C16H26N2O2. The molecule has 0 aliphatic rings. The molecule has 1 atom stereocenters. The molecule has 1 N–H and O–H groups in total. The molecule has 0 amide bonds. The van der Waals surface area contributed by atoms with Gasteiger partial charge in [0.15, 0.2) is 0 Å². The van der Waals surface area contributed by atoms with E-state index >= 15 is 0 Å². The van der Waals surface area contributed by atoms with Crippen LogP contribution in [-0.2, 0) is 9.53 Å². The first-order chi connectivity index (χ1) is 9.62. The van der Waals surface area contributed by atoms with Crippen molar-refractivity contribution in [2.75, 3.05) is 31.6 Å². The van der Waals surface area contributed by atoms with Gasteiger partial charge in [-0.2, -0.15) is 0 Å². The summed E-state index contributed by atoms with van der Waals surface area (Å²) in [5, 5.41) is 3.03. The number of carbonyl (C=O) groups is 1. The predicted molar refractivity (Wildman–Crippen MR) is 83.2 cm³/mol. The van der Waals surface area contributed by atoms with Gasteiger partial charge in [0.05, 0.1) is 6.61 Å². The summed E-state index contributed by atoms with van der Waals surface area (Å²) < 4.78 is 5.07. The Bertz CT molecular complexity index is 421. The molecule has 1 aromatic carbocycles. The zero-order valence-electron chi connectivity index (χ0n) is 13.0. The van der Waals surface area contributed by atoms with E-state index in [1.54, 1.807) is 7.05 Å². The maximum atomic E-state index is 11.8. The number of aryl methyl sites for hydroxylation is 1. The van der Waals surface area contributed by atoms with Gasteiger partial charge in [-0.3, -0.25) is 4.79 Å². The molecule has 1 unspecified atom stereocenters. The van der Waals surface area contributed by atoms with E-state index in [2.05, 4.69) is 48.3 Å². The Kier molecular flexibility index (Phi) is 7.09. The zero-order valence-corrected chi connectivity index (χ0v) is 13.0. The lowest BCUT2D eigenvalue weighted by Gasteiger charge is -2.25. The summed E-state index contributed by atoms with van der Waals surface area (Å²) in [6.45, 7) is 8.21. The molecule has 4 heteroatoms. The van der Waals surface area contributed by atoms with E-state index in [9.17, 15) is 4.79 Å². The number of benzene rings is 1. The highest BCUT2D eigenvalue weighted by atomic mass is 16.5. The third-order valence-electron chi connectivity index (χ3n) is 3.36. The van der Waals surface area contributed by atoms with Gasteiger partial charge in [0, 0.05) is 18.8 Å². The molecule has 0 heterocycles. The number of nitrogens with zero attached hydrogens (tertiary/aromatic N) is 1. The van der Waals surface area contributed by atoms with E-state index in [4.69, 9.17) is 4.74 Å². The highest BCUT2D eigenvalue weighted by Crippen LogP contribution is 2.16. The van der Waals surface area contributed by atoms with Crippen molar-refractivity contribution in [3.8, 4) is 0 Å². The highest BCUT2D eigenvalue weighted by Gasteiger charge is 2.18. The molecule has 1 aromatic rings. The van der Waals surface area contributed by atoms with Crippen molar-refractivity contribution >= 4 is 11.7 Å². The van der Waals surface area contributed by atoms with Crippen LogP contribution in [0.1, 0.15) is 25.8 Å². The highest BCUT2D eigenvalue weighted by molar-refractivity contribution is 5.75. The van der Waals surface area contributed by atoms with Gasteiger partial charge in [-0.05, 0) is 51.9 Å². The normalized spacial score (nSPS) is 12.0. The number of hydrogen-bond donors (Lipinski definition) is 1. The summed E-state index contributed by atoms with van der Waals surface area (Å²) >= 11 is 0. The van der Waals surface area contributed by atoms with Gasteiger partial charge in [-0.25, -0.2) is 0 Å². The third kappa shape index (κ3) is 4.85. The van der Waals surface area contributed by atoms with Crippen molar-refractivity contribution in [1.29, 1.82) is 0 Å². The maximum absolute atomic E-state index is 11.8. The summed E-state index contributed by atoms with van der Waals surface area (Å²) in [5.41, 5.74) is 2.45. The van der Waals surface area contributed by atoms with Crippen LogP contribution in [0.5, 0.6) is 0 Å². The quantitative estimate of drug-likeness (QED) is 0.741. The topological polar surface area (TPSA) is 41.6 Å². The van der Waals surface area contributed by atoms with Crippen LogP contribution in [0.15, 0.2) is 24.3 Å². The standard InChI is InChI=1S/C16H26N2O2/c1-5-18(14-9-7-8-13(3)12-14)11-10-15(17-4)16(19)20-6-2/h7-9,12,15,17H,5-6,10-11H2,1-4H3. The lowest BCUT2D eigenvalue weighted by molar-refractivity contribution is -0.145. The molecule has 0 bridgehead atoms. The van der Waals surface area contributed by atoms with Crippen LogP contribution in [0, 0.1) is 6.92 Å². The van der Waals surface area contributed by atoms with Crippen LogP contribution < -0.4 is 10.2 Å². The van der Waals surface area contributed by atoms with Crippen molar-refractivity contribution in [3.63, 3.8) is 0 Å². The monoisotopic (exact) mass is 278 g/mol. The van der Waals surface area contributed by atoms with Gasteiger partial charge in [-0.1, -0.05) is 12.1 Å². The molecular weight excluding hydrogens is 252 g/mol. The van der Waals surface area contributed by atoms with Crippen molar-refractivity contribution in [3.05, 3.63) is 29.8 Å². The second-order valence-corrected chi connectivity index (χ2v) is 4.80. The molecule has 0 aliphatic carbocycles. The average Bonchev–Trinajstić information content (AvgIpc) is 2.44.